The smallest absolute Gasteiger partial charge is 0.192 e. The van der Waals surface area contributed by atoms with Gasteiger partial charge < -0.3 is 10.2 Å². The van der Waals surface area contributed by atoms with E-state index in [9.17, 15) is 0 Å². The molecule has 2 aromatic rings. The lowest BCUT2D eigenvalue weighted by Crippen LogP contribution is -2.34. The predicted octanol–water partition coefficient (Wildman–Crippen LogP) is 2.34. The second-order valence-electron chi connectivity index (χ2n) is 4.39. The van der Waals surface area contributed by atoms with Crippen LogP contribution in [0.25, 0.3) is 11.1 Å². The molecule has 0 atom stereocenters. The summed E-state index contributed by atoms with van der Waals surface area (Å²) < 4.78 is 5.51. The van der Waals surface area contributed by atoms with Crippen molar-refractivity contribution in [2.75, 3.05) is 0 Å². The monoisotopic (exact) mass is 202 g/mol. The minimum atomic E-state index is 0.391. The van der Waals surface area contributed by atoms with E-state index in [0.717, 1.165) is 29.8 Å². The van der Waals surface area contributed by atoms with Crippen LogP contribution in [0.2, 0.25) is 0 Å². The predicted molar refractivity (Wildman–Crippen MR) is 58.7 cm³/mol. The topological polar surface area (TPSA) is 52.0 Å². The maximum atomic E-state index is 5.79. The fourth-order valence-electron chi connectivity index (χ4n) is 2.24. The average molecular weight is 202 g/mol. The number of aryl methyl sites for hydroxylation is 1. The Kier molecular flexibility index (Phi) is 1.83. The van der Waals surface area contributed by atoms with Crippen LogP contribution in [0, 0.1) is 6.92 Å². The van der Waals surface area contributed by atoms with E-state index in [1.807, 2.05) is 13.0 Å². The summed E-state index contributed by atoms with van der Waals surface area (Å²) in [6.07, 6.45) is 2.19. The van der Waals surface area contributed by atoms with Gasteiger partial charge in [0.1, 0.15) is 5.52 Å². The molecule has 1 aliphatic rings. The van der Waals surface area contributed by atoms with E-state index in [0.29, 0.717) is 12.0 Å². The molecule has 1 aliphatic carbocycles. The van der Waals surface area contributed by atoms with Crippen LogP contribution in [0.3, 0.4) is 0 Å². The Morgan fingerprint density at radius 2 is 2.20 bits per heavy atom. The zero-order chi connectivity index (χ0) is 10.4. The van der Waals surface area contributed by atoms with Crippen molar-refractivity contribution in [3.63, 3.8) is 0 Å². The van der Waals surface area contributed by atoms with E-state index in [-0.39, 0.29) is 0 Å². The first kappa shape index (κ1) is 8.92. The first-order chi connectivity index (χ1) is 7.22. The van der Waals surface area contributed by atoms with Crippen molar-refractivity contribution in [2.45, 2.75) is 31.7 Å². The molecule has 3 heteroatoms. The normalized spacial score (nSPS) is 25.5. The second-order valence-corrected chi connectivity index (χ2v) is 4.39. The van der Waals surface area contributed by atoms with E-state index < -0.39 is 0 Å². The van der Waals surface area contributed by atoms with Gasteiger partial charge in [0, 0.05) is 13.0 Å². The van der Waals surface area contributed by atoms with Crippen molar-refractivity contribution in [1.82, 2.24) is 4.98 Å². The summed E-state index contributed by atoms with van der Waals surface area (Å²) in [6.45, 7) is 1.87. The second kappa shape index (κ2) is 3.07. The summed E-state index contributed by atoms with van der Waals surface area (Å²) in [4.78, 5) is 4.28. The van der Waals surface area contributed by atoms with Crippen LogP contribution in [-0.4, -0.2) is 11.0 Å². The molecule has 1 saturated carbocycles. The molecule has 2 N–H and O–H groups in total. The standard InChI is InChI=1S/C12H14N2O/c1-7-14-11-3-2-8(6-12(11)15-7)9-4-10(13)5-9/h2-3,6,9-10H,4-5,13H2,1H3. The lowest BCUT2D eigenvalue weighted by Gasteiger charge is -2.32. The van der Waals surface area contributed by atoms with Gasteiger partial charge in [0.2, 0.25) is 0 Å². The number of benzene rings is 1. The summed E-state index contributed by atoms with van der Waals surface area (Å²) in [6, 6.07) is 6.67. The van der Waals surface area contributed by atoms with Gasteiger partial charge in [-0.3, -0.25) is 0 Å². The molecular weight excluding hydrogens is 188 g/mol. The Labute approximate surface area is 88.3 Å². The number of hydrogen-bond donors (Lipinski definition) is 1. The van der Waals surface area contributed by atoms with Crippen molar-refractivity contribution in [2.24, 2.45) is 5.73 Å². The quantitative estimate of drug-likeness (QED) is 0.772. The lowest BCUT2D eigenvalue weighted by atomic mass is 9.76. The van der Waals surface area contributed by atoms with Gasteiger partial charge in [-0.05, 0) is 36.5 Å². The van der Waals surface area contributed by atoms with Gasteiger partial charge in [0.15, 0.2) is 11.5 Å². The molecule has 15 heavy (non-hydrogen) atoms. The minimum Gasteiger partial charge on any atom is -0.441 e. The molecule has 1 fully saturated rings. The minimum absolute atomic E-state index is 0.391. The number of nitrogens with two attached hydrogens (primary N) is 1. The Bertz CT molecular complexity index is 497. The molecular formula is C12H14N2O. The Hall–Kier alpha value is -1.35. The van der Waals surface area contributed by atoms with Crippen LogP contribution in [0.5, 0.6) is 0 Å². The number of oxazole rings is 1. The number of hydrogen-bond acceptors (Lipinski definition) is 3. The van der Waals surface area contributed by atoms with Crippen LogP contribution < -0.4 is 5.73 Å². The van der Waals surface area contributed by atoms with E-state index >= 15 is 0 Å². The molecule has 0 aliphatic heterocycles. The van der Waals surface area contributed by atoms with Crippen LogP contribution in [0.1, 0.15) is 30.2 Å². The molecule has 1 aromatic heterocycles. The third-order valence-corrected chi connectivity index (χ3v) is 3.17. The first-order valence-corrected chi connectivity index (χ1v) is 5.35. The van der Waals surface area contributed by atoms with Gasteiger partial charge in [-0.2, -0.15) is 0 Å². The van der Waals surface area contributed by atoms with Gasteiger partial charge in [-0.25, -0.2) is 4.98 Å². The van der Waals surface area contributed by atoms with Crippen molar-refractivity contribution in [3.05, 3.63) is 29.7 Å². The SMILES string of the molecule is Cc1nc2ccc(C3CC(N)C3)cc2o1. The molecule has 0 spiro atoms. The van der Waals surface area contributed by atoms with Gasteiger partial charge in [-0.15, -0.1) is 0 Å². The Morgan fingerprint density at radius 3 is 2.93 bits per heavy atom. The molecule has 0 amide bonds. The number of fused-ring (bicyclic) bond motifs is 1. The summed E-state index contributed by atoms with van der Waals surface area (Å²) >= 11 is 0. The summed E-state index contributed by atoms with van der Waals surface area (Å²) in [5, 5.41) is 0. The molecule has 3 nitrogen and oxygen atoms in total. The highest BCUT2D eigenvalue weighted by atomic mass is 16.3. The van der Waals surface area contributed by atoms with E-state index in [4.69, 9.17) is 10.2 Å². The summed E-state index contributed by atoms with van der Waals surface area (Å²) in [7, 11) is 0. The molecule has 0 saturated heterocycles. The van der Waals surface area contributed by atoms with Gasteiger partial charge in [-0.1, -0.05) is 6.07 Å². The molecule has 3 rings (SSSR count). The highest BCUT2D eigenvalue weighted by Crippen LogP contribution is 2.36. The number of nitrogens with zero attached hydrogens (tertiary/aromatic N) is 1. The van der Waals surface area contributed by atoms with E-state index in [1.54, 1.807) is 0 Å². The van der Waals surface area contributed by atoms with Gasteiger partial charge in [0.05, 0.1) is 0 Å². The fourth-order valence-corrected chi connectivity index (χ4v) is 2.24. The highest BCUT2D eigenvalue weighted by Gasteiger charge is 2.27. The van der Waals surface area contributed by atoms with Crippen molar-refractivity contribution < 1.29 is 4.42 Å². The van der Waals surface area contributed by atoms with Crippen LogP contribution in [-0.2, 0) is 0 Å². The van der Waals surface area contributed by atoms with E-state index in [1.165, 1.54) is 5.56 Å². The summed E-state index contributed by atoms with van der Waals surface area (Å²) in [5.41, 5.74) is 8.96. The third-order valence-electron chi connectivity index (χ3n) is 3.17. The molecule has 0 bridgehead atoms. The fraction of sp³-hybridized carbons (Fsp3) is 0.417. The summed E-state index contributed by atoms with van der Waals surface area (Å²) in [5.74, 6) is 1.35. The molecule has 1 aromatic carbocycles. The van der Waals surface area contributed by atoms with Crippen LogP contribution in [0.4, 0.5) is 0 Å². The largest absolute Gasteiger partial charge is 0.441 e. The third kappa shape index (κ3) is 1.43. The Balaban J connectivity index is 1.99. The maximum Gasteiger partial charge on any atom is 0.192 e. The average Bonchev–Trinajstić information content (AvgIpc) is 2.52. The zero-order valence-corrected chi connectivity index (χ0v) is 8.73. The van der Waals surface area contributed by atoms with Gasteiger partial charge in [0.25, 0.3) is 0 Å². The number of rotatable bonds is 1. The molecule has 0 unspecified atom stereocenters. The van der Waals surface area contributed by atoms with Crippen molar-refractivity contribution in [3.8, 4) is 0 Å². The lowest BCUT2D eigenvalue weighted by molar-refractivity contribution is 0.351. The Morgan fingerprint density at radius 1 is 1.40 bits per heavy atom. The van der Waals surface area contributed by atoms with Crippen LogP contribution >= 0.6 is 0 Å². The van der Waals surface area contributed by atoms with Gasteiger partial charge >= 0.3 is 0 Å². The zero-order valence-electron chi connectivity index (χ0n) is 8.73. The highest BCUT2D eigenvalue weighted by molar-refractivity contribution is 5.73. The molecule has 0 radical (unpaired) electrons. The molecule has 78 valence electrons. The first-order valence-electron chi connectivity index (χ1n) is 5.35. The van der Waals surface area contributed by atoms with Crippen molar-refractivity contribution in [1.29, 1.82) is 0 Å². The molecule has 1 heterocycles. The van der Waals surface area contributed by atoms with Crippen LogP contribution in [0.15, 0.2) is 22.6 Å². The van der Waals surface area contributed by atoms with E-state index in [2.05, 4.69) is 17.1 Å². The number of aromatic nitrogens is 1. The maximum absolute atomic E-state index is 5.79. The van der Waals surface area contributed by atoms with Crippen molar-refractivity contribution >= 4 is 11.1 Å².